The lowest BCUT2D eigenvalue weighted by Gasteiger charge is -2.35. The highest BCUT2D eigenvalue weighted by atomic mass is 16.2. The standard InChI is InChI=1S/C21H26N4O/c1-3-17-9-6-7-12-24(17)20(26)18-14-15(2)22-21(23-18)25-13-11-16-8-4-5-10-19(16)25/h4-5,8,10,14,17H,3,6-7,9,11-13H2,1-2H3. The molecule has 26 heavy (non-hydrogen) atoms. The van der Waals surface area contributed by atoms with Crippen LogP contribution < -0.4 is 4.90 Å². The molecule has 2 aliphatic heterocycles. The number of carbonyl (C=O) groups excluding carboxylic acids is 1. The first-order valence-corrected chi connectivity index (χ1v) is 9.69. The van der Waals surface area contributed by atoms with Gasteiger partial charge in [-0.2, -0.15) is 0 Å². The van der Waals surface area contributed by atoms with E-state index in [-0.39, 0.29) is 5.91 Å². The van der Waals surface area contributed by atoms with Gasteiger partial charge in [-0.15, -0.1) is 0 Å². The van der Waals surface area contributed by atoms with E-state index in [4.69, 9.17) is 0 Å². The number of hydrogen-bond acceptors (Lipinski definition) is 4. The summed E-state index contributed by atoms with van der Waals surface area (Å²) in [6.07, 6.45) is 5.38. The fraction of sp³-hybridized carbons (Fsp3) is 0.476. The first kappa shape index (κ1) is 17.0. The Hall–Kier alpha value is -2.43. The lowest BCUT2D eigenvalue weighted by Crippen LogP contribution is -2.43. The van der Waals surface area contributed by atoms with Crippen molar-refractivity contribution < 1.29 is 4.79 Å². The largest absolute Gasteiger partial charge is 0.334 e. The van der Waals surface area contributed by atoms with Crippen molar-refractivity contribution >= 4 is 17.5 Å². The highest BCUT2D eigenvalue weighted by Crippen LogP contribution is 2.32. The number of nitrogens with zero attached hydrogens (tertiary/aromatic N) is 4. The number of amides is 1. The zero-order valence-electron chi connectivity index (χ0n) is 15.6. The summed E-state index contributed by atoms with van der Waals surface area (Å²) in [6.45, 7) is 5.80. The van der Waals surface area contributed by atoms with Gasteiger partial charge < -0.3 is 9.80 Å². The van der Waals surface area contributed by atoms with Gasteiger partial charge in [-0.25, -0.2) is 9.97 Å². The molecule has 1 saturated heterocycles. The Balaban J connectivity index is 1.66. The Morgan fingerprint density at radius 3 is 2.88 bits per heavy atom. The summed E-state index contributed by atoms with van der Waals surface area (Å²) in [6, 6.07) is 10.5. The number of benzene rings is 1. The van der Waals surface area contributed by atoms with Crippen molar-refractivity contribution in [2.75, 3.05) is 18.0 Å². The summed E-state index contributed by atoms with van der Waals surface area (Å²) in [7, 11) is 0. The summed E-state index contributed by atoms with van der Waals surface area (Å²) in [5, 5.41) is 0. The maximum atomic E-state index is 13.2. The second kappa shape index (κ2) is 7.06. The van der Waals surface area contributed by atoms with Gasteiger partial charge in [0.25, 0.3) is 5.91 Å². The Morgan fingerprint density at radius 1 is 1.19 bits per heavy atom. The minimum absolute atomic E-state index is 0.0517. The van der Waals surface area contributed by atoms with E-state index in [2.05, 4.69) is 40.0 Å². The second-order valence-corrected chi connectivity index (χ2v) is 7.28. The molecule has 0 radical (unpaired) electrons. The predicted molar refractivity (Wildman–Crippen MR) is 103 cm³/mol. The third kappa shape index (κ3) is 3.06. The van der Waals surface area contributed by atoms with Crippen LogP contribution in [0.3, 0.4) is 0 Å². The highest BCUT2D eigenvalue weighted by Gasteiger charge is 2.29. The number of fused-ring (bicyclic) bond motifs is 1. The molecule has 136 valence electrons. The predicted octanol–water partition coefficient (Wildman–Crippen LogP) is 3.88. The van der Waals surface area contributed by atoms with Crippen LogP contribution in [-0.4, -0.2) is 39.9 Å². The normalized spacial score (nSPS) is 19.5. The van der Waals surface area contributed by atoms with E-state index in [1.54, 1.807) is 0 Å². The van der Waals surface area contributed by atoms with E-state index in [0.717, 1.165) is 50.2 Å². The molecular formula is C21H26N4O. The molecule has 3 heterocycles. The number of aromatic nitrogens is 2. The lowest BCUT2D eigenvalue weighted by molar-refractivity contribution is 0.0601. The average molecular weight is 350 g/mol. The van der Waals surface area contributed by atoms with Crippen LogP contribution >= 0.6 is 0 Å². The van der Waals surface area contributed by atoms with Crippen LogP contribution in [0.1, 0.15) is 54.4 Å². The lowest BCUT2D eigenvalue weighted by atomic mass is 9.99. The topological polar surface area (TPSA) is 49.3 Å². The van der Waals surface area contributed by atoms with Gasteiger partial charge in [-0.3, -0.25) is 4.79 Å². The molecule has 1 amide bonds. The summed E-state index contributed by atoms with van der Waals surface area (Å²) in [5.74, 6) is 0.694. The number of piperidine rings is 1. The van der Waals surface area contributed by atoms with Crippen molar-refractivity contribution in [3.8, 4) is 0 Å². The molecule has 0 saturated carbocycles. The van der Waals surface area contributed by atoms with Gasteiger partial charge in [0.05, 0.1) is 0 Å². The second-order valence-electron chi connectivity index (χ2n) is 7.28. The molecule has 0 N–H and O–H groups in total. The molecule has 1 aromatic heterocycles. The zero-order valence-corrected chi connectivity index (χ0v) is 15.6. The van der Waals surface area contributed by atoms with E-state index in [1.807, 2.05) is 24.0 Å². The van der Waals surface area contributed by atoms with Gasteiger partial charge in [-0.1, -0.05) is 25.1 Å². The Morgan fingerprint density at radius 2 is 2.04 bits per heavy atom. The van der Waals surface area contributed by atoms with Gasteiger partial charge in [-0.05, 0) is 56.7 Å². The Kier molecular flexibility index (Phi) is 4.62. The molecule has 5 nitrogen and oxygen atoms in total. The number of likely N-dealkylation sites (tertiary alicyclic amines) is 1. The molecule has 0 bridgehead atoms. The smallest absolute Gasteiger partial charge is 0.272 e. The van der Waals surface area contributed by atoms with Gasteiger partial charge >= 0.3 is 0 Å². The zero-order chi connectivity index (χ0) is 18.1. The van der Waals surface area contributed by atoms with E-state index < -0.39 is 0 Å². The van der Waals surface area contributed by atoms with E-state index in [1.165, 1.54) is 12.0 Å². The van der Waals surface area contributed by atoms with Crippen LogP contribution in [-0.2, 0) is 6.42 Å². The summed E-state index contributed by atoms with van der Waals surface area (Å²) >= 11 is 0. The number of carbonyl (C=O) groups is 1. The fourth-order valence-corrected chi connectivity index (χ4v) is 4.17. The minimum atomic E-state index is 0.0517. The number of para-hydroxylation sites is 1. The van der Waals surface area contributed by atoms with Crippen LogP contribution in [0.25, 0.3) is 0 Å². The maximum Gasteiger partial charge on any atom is 0.272 e. The molecule has 4 rings (SSSR count). The van der Waals surface area contributed by atoms with Crippen molar-refractivity contribution in [2.45, 2.75) is 52.0 Å². The first-order valence-electron chi connectivity index (χ1n) is 9.69. The monoisotopic (exact) mass is 350 g/mol. The van der Waals surface area contributed by atoms with Crippen LogP contribution in [0.2, 0.25) is 0 Å². The van der Waals surface area contributed by atoms with Crippen molar-refractivity contribution in [3.05, 3.63) is 47.3 Å². The fourth-order valence-electron chi connectivity index (χ4n) is 4.17. The van der Waals surface area contributed by atoms with Crippen molar-refractivity contribution in [1.82, 2.24) is 14.9 Å². The first-order chi connectivity index (χ1) is 12.7. The van der Waals surface area contributed by atoms with Crippen molar-refractivity contribution in [3.63, 3.8) is 0 Å². The maximum absolute atomic E-state index is 13.2. The van der Waals surface area contributed by atoms with Gasteiger partial charge in [0.2, 0.25) is 5.95 Å². The molecule has 2 aromatic rings. The molecule has 1 fully saturated rings. The third-order valence-corrected chi connectivity index (χ3v) is 5.55. The highest BCUT2D eigenvalue weighted by molar-refractivity contribution is 5.93. The summed E-state index contributed by atoms with van der Waals surface area (Å²) < 4.78 is 0. The van der Waals surface area contributed by atoms with Crippen molar-refractivity contribution in [2.24, 2.45) is 0 Å². The number of aryl methyl sites for hydroxylation is 1. The Bertz CT molecular complexity index is 819. The Labute approximate surface area is 155 Å². The van der Waals surface area contributed by atoms with Gasteiger partial charge in [0.1, 0.15) is 5.69 Å². The molecule has 1 unspecified atom stereocenters. The molecule has 1 aromatic carbocycles. The quantitative estimate of drug-likeness (QED) is 0.843. The van der Waals surface area contributed by atoms with Crippen LogP contribution in [0.15, 0.2) is 30.3 Å². The molecule has 0 aliphatic carbocycles. The summed E-state index contributed by atoms with van der Waals surface area (Å²) in [5.41, 5.74) is 3.83. The molecule has 1 atom stereocenters. The summed E-state index contributed by atoms with van der Waals surface area (Å²) in [4.78, 5) is 26.6. The number of anilines is 2. The van der Waals surface area contributed by atoms with E-state index >= 15 is 0 Å². The molecule has 2 aliphatic rings. The molecule has 5 heteroatoms. The average Bonchev–Trinajstić information content (AvgIpc) is 3.11. The van der Waals surface area contributed by atoms with Gasteiger partial charge in [0, 0.05) is 30.5 Å². The third-order valence-electron chi connectivity index (χ3n) is 5.55. The van der Waals surface area contributed by atoms with Gasteiger partial charge in [0.15, 0.2) is 0 Å². The van der Waals surface area contributed by atoms with Crippen molar-refractivity contribution in [1.29, 1.82) is 0 Å². The van der Waals surface area contributed by atoms with Crippen LogP contribution in [0, 0.1) is 6.92 Å². The SMILES string of the molecule is CCC1CCCCN1C(=O)c1cc(C)nc(N2CCc3ccccc32)n1. The van der Waals surface area contributed by atoms with E-state index in [9.17, 15) is 4.79 Å². The number of rotatable bonds is 3. The van der Waals surface area contributed by atoms with Crippen LogP contribution in [0.4, 0.5) is 11.6 Å². The number of hydrogen-bond donors (Lipinski definition) is 0. The van der Waals surface area contributed by atoms with Crippen LogP contribution in [0.5, 0.6) is 0 Å². The molecule has 0 spiro atoms. The van der Waals surface area contributed by atoms with E-state index in [0.29, 0.717) is 17.7 Å². The molecular weight excluding hydrogens is 324 g/mol. The minimum Gasteiger partial charge on any atom is -0.334 e.